The number of ether oxygens (including phenoxy) is 1. The van der Waals surface area contributed by atoms with Crippen LogP contribution in [0.25, 0.3) is 0 Å². The van der Waals surface area contributed by atoms with Gasteiger partial charge in [0.25, 0.3) is 5.91 Å². The van der Waals surface area contributed by atoms with Gasteiger partial charge in [-0.05, 0) is 36.5 Å². The molecule has 1 saturated heterocycles. The summed E-state index contributed by atoms with van der Waals surface area (Å²) in [6.07, 6.45) is 1.00. The number of methoxy groups -OCH3 is 1. The van der Waals surface area contributed by atoms with Gasteiger partial charge in [0.1, 0.15) is 0 Å². The summed E-state index contributed by atoms with van der Waals surface area (Å²) in [7, 11) is -2.46. The molecule has 1 aromatic rings. The van der Waals surface area contributed by atoms with Crippen molar-refractivity contribution in [1.29, 1.82) is 0 Å². The molecule has 2 rings (SSSR count). The quantitative estimate of drug-likeness (QED) is 0.718. The van der Waals surface area contributed by atoms with Gasteiger partial charge in [-0.25, -0.2) is 8.42 Å². The number of rotatable bonds is 6. The Morgan fingerprint density at radius 3 is 2.48 bits per heavy atom. The number of hydrogen-bond donors (Lipinski definition) is 1. The van der Waals surface area contributed by atoms with E-state index in [1.165, 1.54) is 29.6 Å². The van der Waals surface area contributed by atoms with Crippen LogP contribution >= 0.6 is 11.6 Å². The summed E-state index contributed by atoms with van der Waals surface area (Å²) in [6, 6.07) is 4.10. The fourth-order valence-corrected chi connectivity index (χ4v) is 5.18. The second-order valence-corrected chi connectivity index (χ2v) is 9.34. The van der Waals surface area contributed by atoms with Gasteiger partial charge in [-0.1, -0.05) is 25.4 Å². The summed E-state index contributed by atoms with van der Waals surface area (Å²) in [4.78, 5) is 23.5. The van der Waals surface area contributed by atoms with Crippen molar-refractivity contribution in [1.82, 2.24) is 9.62 Å². The second-order valence-electron chi connectivity index (χ2n) is 6.99. The molecule has 1 aliphatic heterocycles. The lowest BCUT2D eigenvalue weighted by Gasteiger charge is -2.34. The van der Waals surface area contributed by atoms with Crippen LogP contribution in [0.2, 0.25) is 5.02 Å². The molecule has 9 heteroatoms. The number of halogens is 1. The Kier molecular flexibility index (Phi) is 7.25. The summed E-state index contributed by atoms with van der Waals surface area (Å²) in [5.41, 5.74) is 0.0562. The number of carbonyl (C=O) groups excluding carboxylic acids is 2. The third-order valence-electron chi connectivity index (χ3n) is 4.50. The van der Waals surface area contributed by atoms with Crippen LogP contribution in [0.3, 0.4) is 0 Å². The maximum Gasteiger partial charge on any atom is 0.307 e. The van der Waals surface area contributed by atoms with Crippen molar-refractivity contribution in [2.75, 3.05) is 26.7 Å². The predicted molar refractivity (Wildman–Crippen MR) is 102 cm³/mol. The maximum atomic E-state index is 13.0. The molecular formula is C18H25ClN2O5S. The van der Waals surface area contributed by atoms with E-state index in [1.54, 1.807) is 0 Å². The first-order chi connectivity index (χ1) is 12.6. The van der Waals surface area contributed by atoms with Gasteiger partial charge in [0.05, 0.1) is 29.0 Å². The lowest BCUT2D eigenvalue weighted by Crippen LogP contribution is -2.42. The van der Waals surface area contributed by atoms with Crippen molar-refractivity contribution < 1.29 is 22.7 Å². The zero-order valence-corrected chi connectivity index (χ0v) is 17.3. The van der Waals surface area contributed by atoms with Gasteiger partial charge in [0.2, 0.25) is 10.0 Å². The lowest BCUT2D eigenvalue weighted by atomic mass is 9.94. The third-order valence-corrected chi connectivity index (χ3v) is 6.66. The Morgan fingerprint density at radius 2 is 1.89 bits per heavy atom. The van der Waals surface area contributed by atoms with Gasteiger partial charge in [-0.15, -0.1) is 0 Å². The van der Waals surface area contributed by atoms with Gasteiger partial charge >= 0.3 is 5.97 Å². The van der Waals surface area contributed by atoms with E-state index >= 15 is 0 Å². The number of nitrogens with one attached hydrogen (secondary N) is 1. The van der Waals surface area contributed by atoms with Crippen LogP contribution in [0.1, 0.15) is 37.0 Å². The molecule has 0 saturated carbocycles. The van der Waals surface area contributed by atoms with Crippen molar-refractivity contribution in [3.8, 4) is 0 Å². The Bertz CT molecular complexity index is 802. The van der Waals surface area contributed by atoms with Crippen molar-refractivity contribution >= 4 is 33.5 Å². The topological polar surface area (TPSA) is 92.8 Å². The van der Waals surface area contributed by atoms with E-state index in [0.29, 0.717) is 13.1 Å². The van der Waals surface area contributed by atoms with Gasteiger partial charge in [-0.2, -0.15) is 4.31 Å². The third kappa shape index (κ3) is 5.43. The molecule has 1 N–H and O–H groups in total. The smallest absolute Gasteiger partial charge is 0.307 e. The van der Waals surface area contributed by atoms with Gasteiger partial charge < -0.3 is 10.1 Å². The minimum atomic E-state index is -3.72. The molecule has 1 aromatic carbocycles. The number of carbonyl (C=O) groups is 2. The van der Waals surface area contributed by atoms with E-state index in [2.05, 4.69) is 10.1 Å². The molecule has 0 aromatic heterocycles. The highest BCUT2D eigenvalue weighted by Crippen LogP contribution is 2.28. The number of amides is 1. The minimum absolute atomic E-state index is 0.0153. The van der Waals surface area contributed by atoms with E-state index in [-0.39, 0.29) is 40.3 Å². The number of benzene rings is 1. The average molecular weight is 417 g/mol. The van der Waals surface area contributed by atoms with Crippen LogP contribution in [-0.4, -0.2) is 51.3 Å². The minimum Gasteiger partial charge on any atom is -0.469 e. The van der Waals surface area contributed by atoms with Crippen LogP contribution in [-0.2, 0) is 19.6 Å². The van der Waals surface area contributed by atoms with Crippen molar-refractivity contribution in [2.45, 2.75) is 31.6 Å². The first-order valence-corrected chi connectivity index (χ1v) is 10.6. The molecule has 1 heterocycles. The highest BCUT2D eigenvalue weighted by molar-refractivity contribution is 7.89. The van der Waals surface area contributed by atoms with Crippen molar-refractivity contribution in [2.24, 2.45) is 11.8 Å². The lowest BCUT2D eigenvalue weighted by molar-refractivity contribution is -0.140. The Morgan fingerprint density at radius 1 is 1.26 bits per heavy atom. The first kappa shape index (κ1) is 21.7. The molecule has 27 heavy (non-hydrogen) atoms. The fraction of sp³-hybridized carbons (Fsp3) is 0.556. The molecule has 150 valence electrons. The molecule has 1 amide bonds. The van der Waals surface area contributed by atoms with Crippen LogP contribution in [0.15, 0.2) is 23.1 Å². The molecule has 0 radical (unpaired) electrons. The molecule has 0 bridgehead atoms. The summed E-state index contributed by atoms with van der Waals surface area (Å²) in [6.45, 7) is 5.03. The van der Waals surface area contributed by atoms with Gasteiger partial charge in [0.15, 0.2) is 0 Å². The maximum absolute atomic E-state index is 13.0. The fourth-order valence-electron chi connectivity index (χ4n) is 3.27. The Balaban J connectivity index is 2.20. The molecule has 0 spiro atoms. The molecule has 2 atom stereocenters. The highest BCUT2D eigenvalue weighted by Gasteiger charge is 2.32. The van der Waals surface area contributed by atoms with E-state index < -0.39 is 21.9 Å². The predicted octanol–water partition coefficient (Wildman–Crippen LogP) is 2.30. The molecule has 0 aliphatic carbocycles. The Labute approximate surface area is 165 Å². The van der Waals surface area contributed by atoms with Gasteiger partial charge in [-0.3, -0.25) is 9.59 Å². The monoisotopic (exact) mass is 416 g/mol. The summed E-state index contributed by atoms with van der Waals surface area (Å²) in [5, 5.41) is 2.69. The van der Waals surface area contributed by atoms with Gasteiger partial charge in [0, 0.05) is 19.6 Å². The van der Waals surface area contributed by atoms with E-state index in [9.17, 15) is 18.0 Å². The normalized spacial score (nSPS) is 20.9. The Hall–Kier alpha value is -1.64. The second kappa shape index (κ2) is 9.03. The largest absolute Gasteiger partial charge is 0.469 e. The summed E-state index contributed by atoms with van der Waals surface area (Å²) in [5.74, 6) is -0.443. The van der Waals surface area contributed by atoms with Crippen LogP contribution in [0, 0.1) is 11.8 Å². The number of esters is 1. The van der Waals surface area contributed by atoms with Crippen molar-refractivity contribution in [3.63, 3.8) is 0 Å². The first-order valence-electron chi connectivity index (χ1n) is 8.79. The van der Waals surface area contributed by atoms with E-state index in [4.69, 9.17) is 11.6 Å². The standard InChI is InChI=1S/C18H25ClN2O5S/c1-12-8-13(2)11-21(10-12)27(24,25)14-4-5-16(19)15(9-14)18(23)20-7-6-17(22)26-3/h4-5,9,12-13H,6-8,10-11H2,1-3H3,(H,20,23)/t12-,13+. The number of nitrogens with zero attached hydrogens (tertiary/aromatic N) is 1. The zero-order chi connectivity index (χ0) is 20.2. The highest BCUT2D eigenvalue weighted by atomic mass is 35.5. The van der Waals surface area contributed by atoms with Crippen LogP contribution in [0.5, 0.6) is 0 Å². The zero-order valence-electron chi connectivity index (χ0n) is 15.7. The SMILES string of the molecule is COC(=O)CCNC(=O)c1cc(S(=O)(=O)N2C[C@H](C)C[C@H](C)C2)ccc1Cl. The average Bonchev–Trinajstić information content (AvgIpc) is 2.60. The van der Waals surface area contributed by atoms with Crippen molar-refractivity contribution in [3.05, 3.63) is 28.8 Å². The molecule has 1 fully saturated rings. The molecule has 7 nitrogen and oxygen atoms in total. The van der Waals surface area contributed by atoms with E-state index in [0.717, 1.165) is 6.42 Å². The van der Waals surface area contributed by atoms with E-state index in [1.807, 2.05) is 13.8 Å². The molecule has 0 unspecified atom stereocenters. The summed E-state index contributed by atoms with van der Waals surface area (Å²) < 4.78 is 32.0. The number of hydrogen-bond acceptors (Lipinski definition) is 5. The number of piperidine rings is 1. The molecular weight excluding hydrogens is 392 g/mol. The van der Waals surface area contributed by atoms with Crippen LogP contribution in [0.4, 0.5) is 0 Å². The van der Waals surface area contributed by atoms with Crippen LogP contribution < -0.4 is 5.32 Å². The number of sulfonamides is 1. The molecule has 1 aliphatic rings. The summed E-state index contributed by atoms with van der Waals surface area (Å²) >= 11 is 6.08.